The van der Waals surface area contributed by atoms with Crippen molar-refractivity contribution < 1.29 is 9.59 Å². The predicted molar refractivity (Wildman–Crippen MR) is 106 cm³/mol. The Hall–Kier alpha value is -0.180. The highest BCUT2D eigenvalue weighted by Crippen LogP contribution is 2.44. The molecule has 4 fully saturated rings. The van der Waals surface area contributed by atoms with Gasteiger partial charge in [0.05, 0.1) is 0 Å². The van der Waals surface area contributed by atoms with E-state index < -0.39 is 10.5 Å². The molecule has 4 nitrogen and oxygen atoms in total. The summed E-state index contributed by atoms with van der Waals surface area (Å²) < 4.78 is 1.30. The number of rotatable bonds is 3. The molecule has 0 radical (unpaired) electrons. The first-order valence-electron chi connectivity index (χ1n) is 8.65. The van der Waals surface area contributed by atoms with E-state index in [1.165, 1.54) is 23.5 Å². The molecule has 8 heteroatoms. The van der Waals surface area contributed by atoms with Crippen LogP contribution in [0.5, 0.6) is 0 Å². The van der Waals surface area contributed by atoms with Gasteiger partial charge in [-0.3, -0.25) is 19.4 Å². The Morgan fingerprint density at radius 2 is 1.04 bits per heavy atom. The summed E-state index contributed by atoms with van der Waals surface area (Å²) in [6.07, 6.45) is 8.72. The van der Waals surface area contributed by atoms with E-state index in [1.807, 2.05) is 0 Å². The number of carbonyl (C=O) groups is 2. The SMILES string of the molecule is O=C1C(C2SC(=S)N(C3CCCC3)C2=O)SC(=S)N1C1CCCC1. The van der Waals surface area contributed by atoms with Crippen molar-refractivity contribution in [3.8, 4) is 0 Å². The zero-order valence-corrected chi connectivity index (χ0v) is 16.6. The second kappa shape index (κ2) is 6.85. The molecular formula is C16H20N2O2S4. The van der Waals surface area contributed by atoms with Crippen LogP contribution in [-0.2, 0) is 9.59 Å². The van der Waals surface area contributed by atoms with E-state index in [9.17, 15) is 9.59 Å². The Morgan fingerprint density at radius 3 is 1.38 bits per heavy atom. The van der Waals surface area contributed by atoms with Gasteiger partial charge in [0.2, 0.25) is 11.8 Å². The summed E-state index contributed by atoms with van der Waals surface area (Å²) in [4.78, 5) is 29.5. The molecule has 2 aliphatic heterocycles. The number of carbonyl (C=O) groups excluding carboxylic acids is 2. The topological polar surface area (TPSA) is 40.6 Å². The molecule has 4 aliphatic rings. The van der Waals surface area contributed by atoms with Crippen LogP contribution in [0.2, 0.25) is 0 Å². The molecule has 24 heavy (non-hydrogen) atoms. The van der Waals surface area contributed by atoms with Gasteiger partial charge >= 0.3 is 0 Å². The van der Waals surface area contributed by atoms with Crippen molar-refractivity contribution in [3.05, 3.63) is 0 Å². The molecule has 4 rings (SSSR count). The zero-order valence-electron chi connectivity index (χ0n) is 13.3. The third-order valence-corrected chi connectivity index (χ3v) is 8.86. The Morgan fingerprint density at radius 1 is 0.708 bits per heavy atom. The van der Waals surface area contributed by atoms with E-state index in [4.69, 9.17) is 24.4 Å². The lowest BCUT2D eigenvalue weighted by molar-refractivity contribution is -0.132. The van der Waals surface area contributed by atoms with Crippen LogP contribution in [0.4, 0.5) is 0 Å². The number of thioether (sulfide) groups is 2. The van der Waals surface area contributed by atoms with E-state index in [2.05, 4.69) is 0 Å². The molecule has 2 atom stereocenters. The number of amides is 2. The third-order valence-electron chi connectivity index (χ3n) is 5.47. The summed E-state index contributed by atoms with van der Waals surface area (Å²) in [7, 11) is 0. The molecular weight excluding hydrogens is 380 g/mol. The van der Waals surface area contributed by atoms with Gasteiger partial charge in [-0.1, -0.05) is 73.6 Å². The van der Waals surface area contributed by atoms with Crippen molar-refractivity contribution in [3.63, 3.8) is 0 Å². The van der Waals surface area contributed by atoms with Gasteiger partial charge in [-0.2, -0.15) is 0 Å². The number of hydrogen-bond donors (Lipinski definition) is 0. The summed E-state index contributed by atoms with van der Waals surface area (Å²) in [5, 5.41) is -0.806. The first kappa shape index (κ1) is 17.2. The standard InChI is InChI=1S/C16H20N2O2S4/c19-13-11(23-15(21)17(13)9-5-1-2-6-9)12-14(20)18(16(22)24-12)10-7-3-4-8-10/h9-12H,1-8H2. The first-order valence-corrected chi connectivity index (χ1v) is 11.2. The maximum atomic E-state index is 13.0. The summed E-state index contributed by atoms with van der Waals surface area (Å²) in [5.74, 6) is 0.0534. The zero-order chi connectivity index (χ0) is 16.8. The Kier molecular flexibility index (Phi) is 4.92. The van der Waals surface area contributed by atoms with E-state index >= 15 is 0 Å². The van der Waals surface area contributed by atoms with Crippen LogP contribution >= 0.6 is 48.0 Å². The first-order chi connectivity index (χ1) is 11.6. The fourth-order valence-corrected chi connectivity index (χ4v) is 7.73. The molecule has 2 unspecified atom stereocenters. The smallest absolute Gasteiger partial charge is 0.243 e. The normalized spacial score (nSPS) is 32.8. The van der Waals surface area contributed by atoms with Crippen molar-refractivity contribution in [2.24, 2.45) is 0 Å². The lowest BCUT2D eigenvalue weighted by Crippen LogP contribution is -2.45. The molecule has 0 N–H and O–H groups in total. The number of nitrogens with zero attached hydrogens (tertiary/aromatic N) is 2. The van der Waals surface area contributed by atoms with Gasteiger partial charge in [0.1, 0.15) is 19.1 Å². The summed E-state index contributed by atoms with van der Waals surface area (Å²) in [6, 6.07) is 0.476. The number of hydrogen-bond acceptors (Lipinski definition) is 6. The number of thiocarbonyl (C=S) groups is 2. The lowest BCUT2D eigenvalue weighted by Gasteiger charge is -2.24. The van der Waals surface area contributed by atoms with E-state index in [0.29, 0.717) is 8.64 Å². The summed E-state index contributed by atoms with van der Waals surface area (Å²) >= 11 is 13.7. The van der Waals surface area contributed by atoms with Crippen LogP contribution in [0, 0.1) is 0 Å². The van der Waals surface area contributed by atoms with Crippen molar-refractivity contribution >= 4 is 68.4 Å². The quantitative estimate of drug-likeness (QED) is 0.677. The summed E-state index contributed by atoms with van der Waals surface area (Å²) in [6.45, 7) is 0. The monoisotopic (exact) mass is 400 g/mol. The van der Waals surface area contributed by atoms with E-state index in [1.54, 1.807) is 9.80 Å². The van der Waals surface area contributed by atoms with Gasteiger partial charge in [-0.15, -0.1) is 0 Å². The minimum absolute atomic E-state index is 0.0267. The molecule has 2 amide bonds. The second-order valence-electron chi connectivity index (χ2n) is 6.90. The fraction of sp³-hybridized carbons (Fsp3) is 0.750. The van der Waals surface area contributed by atoms with Crippen LogP contribution in [-0.4, -0.2) is 52.8 Å². The molecule has 0 aromatic heterocycles. The van der Waals surface area contributed by atoms with Crippen LogP contribution in [0.1, 0.15) is 51.4 Å². The molecule has 2 saturated carbocycles. The molecule has 130 valence electrons. The Labute approximate surface area is 161 Å². The van der Waals surface area contributed by atoms with Gasteiger partial charge in [-0.25, -0.2) is 0 Å². The van der Waals surface area contributed by atoms with Gasteiger partial charge in [0, 0.05) is 12.1 Å². The minimum Gasteiger partial charge on any atom is -0.294 e. The van der Waals surface area contributed by atoms with Crippen LogP contribution < -0.4 is 0 Å². The maximum absolute atomic E-state index is 13.0. The lowest BCUT2D eigenvalue weighted by atomic mass is 10.1. The van der Waals surface area contributed by atoms with Crippen LogP contribution in [0.3, 0.4) is 0 Å². The average molecular weight is 401 g/mol. The fourth-order valence-electron chi connectivity index (χ4n) is 4.25. The largest absolute Gasteiger partial charge is 0.294 e. The Bertz CT molecular complexity index is 547. The minimum atomic E-state index is -0.403. The molecule has 0 spiro atoms. The van der Waals surface area contributed by atoms with Crippen molar-refractivity contribution in [1.82, 2.24) is 9.80 Å². The second-order valence-corrected chi connectivity index (χ2v) is 10.5. The molecule has 0 bridgehead atoms. The van der Waals surface area contributed by atoms with Gasteiger partial charge in [0.15, 0.2) is 0 Å². The van der Waals surface area contributed by atoms with Gasteiger partial charge in [-0.05, 0) is 25.7 Å². The highest BCUT2D eigenvalue weighted by atomic mass is 32.2. The van der Waals surface area contributed by atoms with Crippen LogP contribution in [0.25, 0.3) is 0 Å². The molecule has 2 heterocycles. The van der Waals surface area contributed by atoms with Crippen LogP contribution in [0.15, 0.2) is 0 Å². The molecule has 2 aliphatic carbocycles. The molecule has 0 aromatic carbocycles. The van der Waals surface area contributed by atoms with Crippen molar-refractivity contribution in [2.75, 3.05) is 0 Å². The highest BCUT2D eigenvalue weighted by molar-refractivity contribution is 8.27. The molecule has 2 saturated heterocycles. The third kappa shape index (κ3) is 2.83. The van der Waals surface area contributed by atoms with Crippen molar-refractivity contribution in [2.45, 2.75) is 74.0 Å². The Balaban J connectivity index is 1.51. The average Bonchev–Trinajstić information content (AvgIpc) is 3.29. The highest BCUT2D eigenvalue weighted by Gasteiger charge is 2.53. The van der Waals surface area contributed by atoms with Gasteiger partial charge < -0.3 is 0 Å². The summed E-state index contributed by atoms with van der Waals surface area (Å²) in [5.41, 5.74) is 0. The van der Waals surface area contributed by atoms with E-state index in [0.717, 1.165) is 51.4 Å². The maximum Gasteiger partial charge on any atom is 0.243 e. The molecule has 0 aromatic rings. The van der Waals surface area contributed by atoms with Crippen molar-refractivity contribution in [1.29, 1.82) is 0 Å². The van der Waals surface area contributed by atoms with Gasteiger partial charge in [0.25, 0.3) is 0 Å². The predicted octanol–water partition coefficient (Wildman–Crippen LogP) is 3.33. The van der Waals surface area contributed by atoms with E-state index in [-0.39, 0.29) is 23.9 Å².